The van der Waals surface area contributed by atoms with E-state index in [1.165, 1.54) is 24.3 Å². The quantitative estimate of drug-likeness (QED) is 0.216. The number of non-ortho nitro benzene ring substituents is 1. The van der Waals surface area contributed by atoms with Gasteiger partial charge >= 0.3 is 0 Å². The first-order chi connectivity index (χ1) is 14.8. The van der Waals surface area contributed by atoms with E-state index in [9.17, 15) is 14.9 Å². The number of carbonyl (C=O) groups is 1. The number of hydrogen-bond acceptors (Lipinski definition) is 6. The Morgan fingerprint density at radius 1 is 1.23 bits per heavy atom. The lowest BCUT2D eigenvalue weighted by Crippen LogP contribution is -2.04. The van der Waals surface area contributed by atoms with Gasteiger partial charge in [0.05, 0.1) is 22.7 Å². The minimum atomic E-state index is -0.525. The van der Waals surface area contributed by atoms with Crippen molar-refractivity contribution in [2.24, 2.45) is 7.05 Å². The lowest BCUT2D eigenvalue weighted by Gasteiger charge is -2.12. The molecular formula is C22H20ClN3O5. The molecule has 0 unspecified atom stereocenters. The Hall–Kier alpha value is -3.65. The van der Waals surface area contributed by atoms with Gasteiger partial charge in [0.25, 0.3) is 5.69 Å². The first kappa shape index (κ1) is 22.0. The number of halogens is 1. The van der Waals surface area contributed by atoms with E-state index in [0.717, 1.165) is 16.8 Å². The van der Waals surface area contributed by atoms with Crippen LogP contribution in [0.25, 0.3) is 6.08 Å². The minimum Gasteiger partial charge on any atom is -0.496 e. The van der Waals surface area contributed by atoms with Crippen LogP contribution in [-0.4, -0.2) is 27.6 Å². The van der Waals surface area contributed by atoms with Gasteiger partial charge in [-0.2, -0.15) is 5.10 Å². The van der Waals surface area contributed by atoms with Crippen molar-refractivity contribution < 1.29 is 19.2 Å². The molecule has 31 heavy (non-hydrogen) atoms. The Morgan fingerprint density at radius 3 is 2.58 bits per heavy atom. The number of methoxy groups -OCH3 is 1. The van der Waals surface area contributed by atoms with Gasteiger partial charge in [-0.1, -0.05) is 23.7 Å². The average molecular weight is 442 g/mol. The Bertz CT molecular complexity index is 1170. The molecule has 0 bridgehead atoms. The lowest BCUT2D eigenvalue weighted by molar-refractivity contribution is -0.384. The zero-order chi connectivity index (χ0) is 22.5. The number of hydrogen-bond donors (Lipinski definition) is 0. The van der Waals surface area contributed by atoms with Crippen LogP contribution in [0.3, 0.4) is 0 Å². The Labute approximate surface area is 183 Å². The summed E-state index contributed by atoms with van der Waals surface area (Å²) >= 11 is 6.09. The van der Waals surface area contributed by atoms with E-state index >= 15 is 0 Å². The number of aryl methyl sites for hydroxylation is 2. The lowest BCUT2D eigenvalue weighted by atomic mass is 10.1. The fourth-order valence-corrected chi connectivity index (χ4v) is 3.22. The number of nitrogens with zero attached hydrogens (tertiary/aromatic N) is 3. The first-order valence-corrected chi connectivity index (χ1v) is 9.63. The predicted molar refractivity (Wildman–Crippen MR) is 117 cm³/mol. The van der Waals surface area contributed by atoms with Crippen LogP contribution in [0.5, 0.6) is 11.5 Å². The molecule has 0 fully saturated rings. The standard InChI is InChI=1S/C22H20ClN3O5/c1-14-10-19(25(2)24-14)20(27)7-4-15-5-8-21(30-3)16(11-15)13-31-22-9-6-17(26(28)29)12-18(22)23/h4-12H,13H2,1-3H3/b7-4+. The summed E-state index contributed by atoms with van der Waals surface area (Å²) in [6, 6.07) is 11.2. The Morgan fingerprint density at radius 2 is 1.97 bits per heavy atom. The van der Waals surface area contributed by atoms with Crippen molar-refractivity contribution in [1.29, 1.82) is 0 Å². The number of ketones is 1. The van der Waals surface area contributed by atoms with Crippen molar-refractivity contribution in [2.75, 3.05) is 7.11 Å². The summed E-state index contributed by atoms with van der Waals surface area (Å²) in [5.41, 5.74) is 2.66. The Balaban J connectivity index is 1.77. The monoisotopic (exact) mass is 441 g/mol. The molecule has 0 N–H and O–H groups in total. The van der Waals surface area contributed by atoms with E-state index in [1.54, 1.807) is 37.0 Å². The molecule has 8 nitrogen and oxygen atoms in total. The fraction of sp³-hybridized carbons (Fsp3) is 0.182. The molecule has 0 saturated carbocycles. The van der Waals surface area contributed by atoms with Crippen LogP contribution in [0, 0.1) is 17.0 Å². The summed E-state index contributed by atoms with van der Waals surface area (Å²) < 4.78 is 12.7. The first-order valence-electron chi connectivity index (χ1n) is 9.25. The Kier molecular flexibility index (Phi) is 6.71. The molecule has 3 rings (SSSR count). The molecule has 0 aliphatic heterocycles. The topological polar surface area (TPSA) is 96.5 Å². The summed E-state index contributed by atoms with van der Waals surface area (Å²) in [5.74, 6) is 0.759. The van der Waals surface area contributed by atoms with E-state index in [-0.39, 0.29) is 23.1 Å². The highest BCUT2D eigenvalue weighted by atomic mass is 35.5. The molecule has 3 aromatic rings. The number of rotatable bonds is 8. The van der Waals surface area contributed by atoms with Crippen LogP contribution in [0.15, 0.2) is 48.5 Å². The maximum atomic E-state index is 12.4. The van der Waals surface area contributed by atoms with Crippen molar-refractivity contribution in [1.82, 2.24) is 9.78 Å². The van der Waals surface area contributed by atoms with Gasteiger partial charge < -0.3 is 9.47 Å². The summed E-state index contributed by atoms with van der Waals surface area (Å²) in [6.07, 6.45) is 3.18. The molecule has 9 heteroatoms. The van der Waals surface area contributed by atoms with Crippen LogP contribution in [0.4, 0.5) is 5.69 Å². The van der Waals surface area contributed by atoms with Crippen molar-refractivity contribution >= 4 is 29.1 Å². The van der Waals surface area contributed by atoms with E-state index in [1.807, 2.05) is 19.1 Å². The zero-order valence-corrected chi connectivity index (χ0v) is 17.9. The molecule has 0 aliphatic carbocycles. The second-order valence-corrected chi connectivity index (χ2v) is 7.13. The van der Waals surface area contributed by atoms with Gasteiger partial charge in [-0.25, -0.2) is 0 Å². The number of ether oxygens (including phenoxy) is 2. The molecule has 1 aromatic heterocycles. The van der Waals surface area contributed by atoms with E-state index in [0.29, 0.717) is 17.2 Å². The van der Waals surface area contributed by atoms with Gasteiger partial charge in [0.2, 0.25) is 5.78 Å². The van der Waals surface area contributed by atoms with Gasteiger partial charge in [0, 0.05) is 24.7 Å². The molecule has 2 aromatic carbocycles. The van der Waals surface area contributed by atoms with Crippen molar-refractivity contribution in [2.45, 2.75) is 13.5 Å². The second-order valence-electron chi connectivity index (χ2n) is 6.72. The van der Waals surface area contributed by atoms with Crippen LogP contribution >= 0.6 is 11.6 Å². The molecule has 1 heterocycles. The van der Waals surface area contributed by atoms with Gasteiger partial charge in [-0.05, 0) is 42.8 Å². The smallest absolute Gasteiger partial charge is 0.271 e. The highest BCUT2D eigenvalue weighted by Gasteiger charge is 2.12. The zero-order valence-electron chi connectivity index (χ0n) is 17.2. The maximum absolute atomic E-state index is 12.4. The highest BCUT2D eigenvalue weighted by molar-refractivity contribution is 6.32. The predicted octanol–water partition coefficient (Wildman–Crippen LogP) is 4.77. The third-order valence-corrected chi connectivity index (χ3v) is 4.79. The number of nitro groups is 1. The highest BCUT2D eigenvalue weighted by Crippen LogP contribution is 2.30. The summed E-state index contributed by atoms with van der Waals surface area (Å²) in [4.78, 5) is 22.7. The van der Waals surface area contributed by atoms with Crippen LogP contribution in [0.2, 0.25) is 5.02 Å². The minimum absolute atomic E-state index is 0.115. The molecular weight excluding hydrogens is 422 g/mol. The maximum Gasteiger partial charge on any atom is 0.271 e. The van der Waals surface area contributed by atoms with E-state index in [2.05, 4.69) is 5.10 Å². The molecule has 0 spiro atoms. The average Bonchev–Trinajstić information content (AvgIpc) is 3.09. The molecule has 160 valence electrons. The molecule has 0 radical (unpaired) electrons. The van der Waals surface area contributed by atoms with E-state index in [4.69, 9.17) is 21.1 Å². The number of aromatic nitrogens is 2. The van der Waals surface area contributed by atoms with Gasteiger partial charge in [-0.15, -0.1) is 0 Å². The molecule has 0 saturated heterocycles. The van der Waals surface area contributed by atoms with Crippen LogP contribution < -0.4 is 9.47 Å². The summed E-state index contributed by atoms with van der Waals surface area (Å²) in [7, 11) is 3.27. The van der Waals surface area contributed by atoms with Gasteiger partial charge in [-0.3, -0.25) is 19.6 Å². The van der Waals surface area contributed by atoms with Crippen molar-refractivity contribution in [3.8, 4) is 11.5 Å². The molecule has 0 atom stereocenters. The molecule has 0 aliphatic rings. The largest absolute Gasteiger partial charge is 0.496 e. The summed E-state index contributed by atoms with van der Waals surface area (Å²) in [6.45, 7) is 1.95. The number of benzene rings is 2. The molecule has 0 amide bonds. The van der Waals surface area contributed by atoms with Crippen LogP contribution in [-0.2, 0) is 13.7 Å². The SMILES string of the molecule is COc1ccc(/C=C/C(=O)c2cc(C)nn2C)cc1COc1ccc([N+](=O)[O-])cc1Cl. The number of nitro benzene ring substituents is 1. The fourth-order valence-electron chi connectivity index (χ4n) is 2.99. The van der Waals surface area contributed by atoms with Gasteiger partial charge in [0.1, 0.15) is 23.8 Å². The normalized spacial score (nSPS) is 11.0. The number of allylic oxidation sites excluding steroid dienone is 1. The van der Waals surface area contributed by atoms with E-state index < -0.39 is 4.92 Å². The van der Waals surface area contributed by atoms with Gasteiger partial charge in [0.15, 0.2) is 0 Å². The third-order valence-electron chi connectivity index (χ3n) is 4.50. The third kappa shape index (κ3) is 5.29. The van der Waals surface area contributed by atoms with Crippen molar-refractivity contribution in [3.63, 3.8) is 0 Å². The van der Waals surface area contributed by atoms with Crippen molar-refractivity contribution in [3.05, 3.63) is 86.2 Å². The summed E-state index contributed by atoms with van der Waals surface area (Å²) in [5, 5.41) is 15.2. The second kappa shape index (κ2) is 9.44. The van der Waals surface area contributed by atoms with Crippen LogP contribution in [0.1, 0.15) is 27.3 Å². The number of carbonyl (C=O) groups excluding carboxylic acids is 1.